The Balaban J connectivity index is 2.01. The van der Waals surface area contributed by atoms with Crippen LogP contribution in [-0.4, -0.2) is 19.5 Å². The van der Waals surface area contributed by atoms with Gasteiger partial charge in [-0.3, -0.25) is 19.3 Å². The molecular weight excluding hydrogens is 450 g/mol. The fourth-order valence-electron chi connectivity index (χ4n) is 3.46. The maximum atomic E-state index is 13.6. The number of alkyl halides is 6. The van der Waals surface area contributed by atoms with Crippen molar-refractivity contribution in [2.45, 2.75) is 25.3 Å². The van der Waals surface area contributed by atoms with Crippen molar-refractivity contribution in [2.24, 2.45) is 0 Å². The van der Waals surface area contributed by atoms with E-state index in [1.807, 2.05) is 0 Å². The quantitative estimate of drug-likeness (QED) is 0.393. The fourth-order valence-corrected chi connectivity index (χ4v) is 3.46. The van der Waals surface area contributed by atoms with Crippen LogP contribution in [0.25, 0.3) is 22.4 Å². The highest BCUT2D eigenvalue weighted by Crippen LogP contribution is 2.36. The molecular formula is C22H14F6N4O. The molecule has 4 rings (SSSR count). The zero-order valence-corrected chi connectivity index (χ0v) is 16.7. The molecule has 1 aromatic carbocycles. The lowest BCUT2D eigenvalue weighted by Crippen LogP contribution is -2.28. The SMILES string of the molecule is O=c1c2c(C(F)(F)F)nccc2nc(-c2ncccc2C(F)(F)F)n1CCc1ccccc1. The van der Waals surface area contributed by atoms with Gasteiger partial charge in [0.2, 0.25) is 0 Å². The minimum atomic E-state index is -4.96. The second-order valence-electron chi connectivity index (χ2n) is 7.08. The lowest BCUT2D eigenvalue weighted by molar-refractivity contribution is -0.140. The molecule has 0 atom stereocenters. The molecule has 0 saturated heterocycles. The van der Waals surface area contributed by atoms with Crippen molar-refractivity contribution in [1.29, 1.82) is 0 Å². The number of aromatic nitrogens is 4. The molecule has 0 aliphatic rings. The maximum absolute atomic E-state index is 13.6. The standard InChI is InChI=1S/C22H14F6N4O/c23-21(24,25)14-7-4-10-29-17(14)19-31-15-8-11-30-18(22(26,27)28)16(15)20(33)32(19)12-9-13-5-2-1-3-6-13/h1-8,10-11H,9,12H2. The number of hydrogen-bond acceptors (Lipinski definition) is 4. The molecule has 3 heterocycles. The molecule has 0 unspecified atom stereocenters. The van der Waals surface area contributed by atoms with Crippen LogP contribution in [0.5, 0.6) is 0 Å². The monoisotopic (exact) mass is 464 g/mol. The van der Waals surface area contributed by atoms with Crippen molar-refractivity contribution in [3.63, 3.8) is 0 Å². The van der Waals surface area contributed by atoms with E-state index in [0.29, 0.717) is 0 Å². The normalized spacial score (nSPS) is 12.3. The van der Waals surface area contributed by atoms with Crippen LogP contribution in [0.2, 0.25) is 0 Å². The van der Waals surface area contributed by atoms with E-state index in [9.17, 15) is 31.1 Å². The first-order valence-corrected chi connectivity index (χ1v) is 9.60. The van der Waals surface area contributed by atoms with E-state index in [-0.39, 0.29) is 13.0 Å². The second-order valence-corrected chi connectivity index (χ2v) is 7.08. The fraction of sp³-hybridized carbons (Fsp3) is 0.182. The average Bonchev–Trinajstić information content (AvgIpc) is 2.77. The molecule has 0 amide bonds. The van der Waals surface area contributed by atoms with Gasteiger partial charge in [0.1, 0.15) is 5.69 Å². The van der Waals surface area contributed by atoms with E-state index >= 15 is 0 Å². The third-order valence-corrected chi connectivity index (χ3v) is 4.93. The van der Waals surface area contributed by atoms with E-state index in [4.69, 9.17) is 0 Å². The number of aryl methyl sites for hydroxylation is 1. The first kappa shape index (κ1) is 22.4. The summed E-state index contributed by atoms with van der Waals surface area (Å²) in [5, 5.41) is -0.814. The van der Waals surface area contributed by atoms with Crippen molar-refractivity contribution in [1.82, 2.24) is 19.5 Å². The van der Waals surface area contributed by atoms with E-state index < -0.39 is 51.6 Å². The molecule has 33 heavy (non-hydrogen) atoms. The van der Waals surface area contributed by atoms with Gasteiger partial charge in [0.25, 0.3) is 5.56 Å². The number of rotatable bonds is 4. The molecule has 0 spiro atoms. The first-order valence-electron chi connectivity index (χ1n) is 9.60. The number of hydrogen-bond donors (Lipinski definition) is 0. The average molecular weight is 464 g/mol. The van der Waals surface area contributed by atoms with Gasteiger partial charge >= 0.3 is 12.4 Å². The molecule has 0 aliphatic heterocycles. The summed E-state index contributed by atoms with van der Waals surface area (Å²) in [6.07, 6.45) is -7.72. The van der Waals surface area contributed by atoms with Gasteiger partial charge in [-0.05, 0) is 30.2 Å². The van der Waals surface area contributed by atoms with Gasteiger partial charge in [0, 0.05) is 18.9 Å². The molecule has 0 saturated carbocycles. The van der Waals surface area contributed by atoms with Crippen molar-refractivity contribution in [2.75, 3.05) is 0 Å². The van der Waals surface area contributed by atoms with Gasteiger partial charge in [-0.25, -0.2) is 4.98 Å². The molecule has 11 heteroatoms. The van der Waals surface area contributed by atoms with Crippen LogP contribution in [0.4, 0.5) is 26.3 Å². The van der Waals surface area contributed by atoms with Crippen LogP contribution >= 0.6 is 0 Å². The summed E-state index contributed by atoms with van der Waals surface area (Å²) in [6.45, 7) is -0.221. The Bertz CT molecular complexity index is 1360. The van der Waals surface area contributed by atoms with Crippen LogP contribution in [0.1, 0.15) is 16.8 Å². The van der Waals surface area contributed by atoms with Crippen LogP contribution in [0, 0.1) is 0 Å². The molecule has 170 valence electrons. The molecule has 0 radical (unpaired) electrons. The molecule has 3 aromatic heterocycles. The third-order valence-electron chi connectivity index (χ3n) is 4.93. The van der Waals surface area contributed by atoms with Crippen LogP contribution in [-0.2, 0) is 25.3 Å². The predicted molar refractivity (Wildman–Crippen MR) is 107 cm³/mol. The minimum Gasteiger partial charge on any atom is -0.290 e. The van der Waals surface area contributed by atoms with E-state index in [0.717, 1.165) is 40.7 Å². The summed E-state index contributed by atoms with van der Waals surface area (Å²) in [5.41, 5.74) is -4.10. The van der Waals surface area contributed by atoms with Crippen LogP contribution in [0.15, 0.2) is 65.7 Å². The molecule has 4 aromatic rings. The summed E-state index contributed by atoms with van der Waals surface area (Å²) < 4.78 is 82.3. The number of pyridine rings is 2. The molecule has 5 nitrogen and oxygen atoms in total. The molecule has 0 fully saturated rings. The summed E-state index contributed by atoms with van der Waals surface area (Å²) >= 11 is 0. The highest BCUT2D eigenvalue weighted by Gasteiger charge is 2.38. The van der Waals surface area contributed by atoms with E-state index in [1.54, 1.807) is 30.3 Å². The molecule has 0 N–H and O–H groups in total. The van der Waals surface area contributed by atoms with E-state index in [1.165, 1.54) is 0 Å². The lowest BCUT2D eigenvalue weighted by atomic mass is 10.1. The number of fused-ring (bicyclic) bond motifs is 1. The topological polar surface area (TPSA) is 60.7 Å². The van der Waals surface area contributed by atoms with Gasteiger partial charge in [0.05, 0.1) is 16.5 Å². The summed E-state index contributed by atoms with van der Waals surface area (Å²) in [6, 6.07) is 11.6. The van der Waals surface area contributed by atoms with Crippen molar-refractivity contribution in [3.05, 3.63) is 88.1 Å². The van der Waals surface area contributed by atoms with Crippen molar-refractivity contribution >= 4 is 10.9 Å². The Morgan fingerprint density at radius 3 is 2.21 bits per heavy atom. The highest BCUT2D eigenvalue weighted by atomic mass is 19.4. The van der Waals surface area contributed by atoms with Crippen LogP contribution < -0.4 is 5.56 Å². The minimum absolute atomic E-state index is 0.163. The lowest BCUT2D eigenvalue weighted by Gasteiger charge is -2.17. The second kappa shape index (κ2) is 8.30. The Labute approximate surface area is 182 Å². The van der Waals surface area contributed by atoms with Gasteiger partial charge in [0.15, 0.2) is 11.5 Å². The number of nitrogens with zero attached hydrogens (tertiary/aromatic N) is 4. The Morgan fingerprint density at radius 2 is 1.55 bits per heavy atom. The largest absolute Gasteiger partial charge is 0.434 e. The van der Waals surface area contributed by atoms with Gasteiger partial charge in [-0.15, -0.1) is 0 Å². The van der Waals surface area contributed by atoms with Gasteiger partial charge in [-0.2, -0.15) is 26.3 Å². The summed E-state index contributed by atoms with van der Waals surface area (Å²) in [7, 11) is 0. The van der Waals surface area contributed by atoms with E-state index in [2.05, 4.69) is 15.0 Å². The Morgan fingerprint density at radius 1 is 0.818 bits per heavy atom. The third kappa shape index (κ3) is 4.43. The smallest absolute Gasteiger partial charge is 0.290 e. The number of halogens is 6. The van der Waals surface area contributed by atoms with Crippen molar-refractivity contribution < 1.29 is 26.3 Å². The zero-order chi connectivity index (χ0) is 23.8. The van der Waals surface area contributed by atoms with Gasteiger partial charge < -0.3 is 0 Å². The van der Waals surface area contributed by atoms with Gasteiger partial charge in [-0.1, -0.05) is 30.3 Å². The maximum Gasteiger partial charge on any atom is 0.434 e. The summed E-state index contributed by atoms with van der Waals surface area (Å²) in [4.78, 5) is 24.3. The Kier molecular flexibility index (Phi) is 5.64. The van der Waals surface area contributed by atoms with Crippen molar-refractivity contribution in [3.8, 4) is 11.5 Å². The molecule has 0 aliphatic carbocycles. The Hall–Kier alpha value is -3.76. The first-order chi connectivity index (χ1) is 15.6. The molecule has 0 bridgehead atoms. The van der Waals surface area contributed by atoms with Crippen LogP contribution in [0.3, 0.4) is 0 Å². The zero-order valence-electron chi connectivity index (χ0n) is 16.7. The highest BCUT2D eigenvalue weighted by molar-refractivity contribution is 5.82. The number of benzene rings is 1. The summed E-state index contributed by atoms with van der Waals surface area (Å²) in [5.74, 6) is -0.476. The predicted octanol–water partition coefficient (Wildman–Crippen LogP) is 5.13.